The summed E-state index contributed by atoms with van der Waals surface area (Å²) < 4.78 is 26.8. The van der Waals surface area contributed by atoms with Crippen molar-refractivity contribution in [1.29, 1.82) is 0 Å². The lowest BCUT2D eigenvalue weighted by molar-refractivity contribution is -0.118. The van der Waals surface area contributed by atoms with Gasteiger partial charge in [-0.2, -0.15) is 0 Å². The molecule has 1 aliphatic carbocycles. The molecule has 2 rings (SSSR count). The summed E-state index contributed by atoms with van der Waals surface area (Å²) in [5.74, 6) is -1.56. The summed E-state index contributed by atoms with van der Waals surface area (Å²) >= 11 is 0. The van der Waals surface area contributed by atoms with Crippen LogP contribution in [-0.4, -0.2) is 11.4 Å². The highest BCUT2D eigenvalue weighted by molar-refractivity contribution is 5.91. The molecule has 1 aliphatic rings. The van der Waals surface area contributed by atoms with Crippen LogP contribution < -0.4 is 11.1 Å². The first kappa shape index (κ1) is 13.0. The molecule has 0 unspecified atom stereocenters. The van der Waals surface area contributed by atoms with Gasteiger partial charge in [0.05, 0.1) is 5.69 Å². The van der Waals surface area contributed by atoms with E-state index in [1.807, 2.05) is 0 Å². The molecule has 3 nitrogen and oxygen atoms in total. The van der Waals surface area contributed by atoms with Crippen LogP contribution in [0.5, 0.6) is 0 Å². The molecule has 1 aromatic rings. The molecule has 18 heavy (non-hydrogen) atoms. The van der Waals surface area contributed by atoms with Crippen LogP contribution in [0.15, 0.2) is 12.1 Å². The fourth-order valence-corrected chi connectivity index (χ4v) is 2.06. The minimum atomic E-state index is -0.637. The minimum absolute atomic E-state index is 0.133. The van der Waals surface area contributed by atoms with Crippen molar-refractivity contribution in [2.24, 2.45) is 5.73 Å². The monoisotopic (exact) mass is 254 g/mol. The molecule has 0 radical (unpaired) electrons. The smallest absolute Gasteiger partial charge is 0.226 e. The molecule has 0 bridgehead atoms. The summed E-state index contributed by atoms with van der Waals surface area (Å²) in [6.45, 7) is 1.47. The molecule has 1 saturated carbocycles. The van der Waals surface area contributed by atoms with Crippen molar-refractivity contribution in [2.45, 2.75) is 38.1 Å². The van der Waals surface area contributed by atoms with Gasteiger partial charge in [0, 0.05) is 18.0 Å². The van der Waals surface area contributed by atoms with Gasteiger partial charge in [-0.15, -0.1) is 0 Å². The Morgan fingerprint density at radius 2 is 2.06 bits per heavy atom. The summed E-state index contributed by atoms with van der Waals surface area (Å²) in [7, 11) is 0. The number of nitrogens with one attached hydrogen (secondary N) is 1. The Morgan fingerprint density at radius 1 is 1.39 bits per heavy atom. The minimum Gasteiger partial charge on any atom is -0.325 e. The third-order valence-corrected chi connectivity index (χ3v) is 3.38. The summed E-state index contributed by atoms with van der Waals surface area (Å²) in [5.41, 5.74) is 5.53. The largest absolute Gasteiger partial charge is 0.325 e. The fourth-order valence-electron chi connectivity index (χ4n) is 2.06. The van der Waals surface area contributed by atoms with Crippen LogP contribution in [0.4, 0.5) is 14.5 Å². The number of carbonyl (C=O) groups excluding carboxylic acids is 1. The van der Waals surface area contributed by atoms with Crippen LogP contribution in [0.25, 0.3) is 0 Å². The van der Waals surface area contributed by atoms with Crippen molar-refractivity contribution < 1.29 is 13.6 Å². The number of carbonyl (C=O) groups is 1. The van der Waals surface area contributed by atoms with E-state index in [0.717, 1.165) is 31.4 Å². The van der Waals surface area contributed by atoms with Gasteiger partial charge in [-0.25, -0.2) is 8.78 Å². The van der Waals surface area contributed by atoms with Crippen molar-refractivity contribution in [2.75, 3.05) is 5.32 Å². The molecule has 1 amide bonds. The Kier molecular flexibility index (Phi) is 3.34. The van der Waals surface area contributed by atoms with Gasteiger partial charge in [-0.1, -0.05) is 0 Å². The molecule has 0 spiro atoms. The van der Waals surface area contributed by atoms with Crippen LogP contribution in [0, 0.1) is 18.6 Å². The van der Waals surface area contributed by atoms with E-state index in [1.165, 1.54) is 6.92 Å². The quantitative estimate of drug-likeness (QED) is 0.870. The zero-order valence-corrected chi connectivity index (χ0v) is 10.2. The first-order chi connectivity index (χ1) is 8.39. The van der Waals surface area contributed by atoms with Crippen LogP contribution in [0.3, 0.4) is 0 Å². The van der Waals surface area contributed by atoms with E-state index in [9.17, 15) is 13.6 Å². The molecule has 5 heteroatoms. The Morgan fingerprint density at radius 3 is 2.61 bits per heavy atom. The van der Waals surface area contributed by atoms with Gasteiger partial charge in [0.15, 0.2) is 0 Å². The molecule has 1 aromatic carbocycles. The van der Waals surface area contributed by atoms with E-state index < -0.39 is 17.2 Å². The number of nitrogens with two attached hydrogens (primary N) is 1. The average Bonchev–Trinajstić information content (AvgIpc) is 2.23. The van der Waals surface area contributed by atoms with Crippen LogP contribution in [0.1, 0.15) is 31.2 Å². The maximum absolute atomic E-state index is 13.5. The van der Waals surface area contributed by atoms with Crippen molar-refractivity contribution in [3.8, 4) is 0 Å². The highest BCUT2D eigenvalue weighted by Crippen LogP contribution is 2.32. The van der Waals surface area contributed by atoms with E-state index in [4.69, 9.17) is 5.73 Å². The van der Waals surface area contributed by atoms with Gasteiger partial charge in [0.2, 0.25) is 5.91 Å². The maximum atomic E-state index is 13.5. The van der Waals surface area contributed by atoms with Gasteiger partial charge >= 0.3 is 0 Å². The Bertz CT molecular complexity index is 484. The van der Waals surface area contributed by atoms with Crippen LogP contribution in [-0.2, 0) is 4.79 Å². The molecule has 3 N–H and O–H groups in total. The molecular formula is C13H16F2N2O. The molecule has 98 valence electrons. The van der Waals surface area contributed by atoms with Gasteiger partial charge in [-0.3, -0.25) is 4.79 Å². The van der Waals surface area contributed by atoms with Gasteiger partial charge in [0.25, 0.3) is 0 Å². The second-order valence-corrected chi connectivity index (χ2v) is 5.02. The maximum Gasteiger partial charge on any atom is 0.226 e. The third-order valence-electron chi connectivity index (χ3n) is 3.38. The van der Waals surface area contributed by atoms with E-state index in [1.54, 1.807) is 0 Å². The number of anilines is 1. The van der Waals surface area contributed by atoms with Crippen LogP contribution in [0.2, 0.25) is 0 Å². The zero-order valence-electron chi connectivity index (χ0n) is 10.2. The number of hydrogen-bond donors (Lipinski definition) is 2. The second kappa shape index (κ2) is 4.65. The number of rotatable bonds is 3. The normalized spacial score (nSPS) is 17.1. The average molecular weight is 254 g/mol. The van der Waals surface area contributed by atoms with E-state index in [0.29, 0.717) is 0 Å². The van der Waals surface area contributed by atoms with Gasteiger partial charge in [0.1, 0.15) is 11.6 Å². The molecule has 0 heterocycles. The SMILES string of the molecule is Cc1cc(F)c(NC(=O)CC2(N)CCC2)cc1F. The summed E-state index contributed by atoms with van der Waals surface area (Å²) in [4.78, 5) is 11.7. The lowest BCUT2D eigenvalue weighted by atomic mass is 9.75. The lowest BCUT2D eigenvalue weighted by Crippen LogP contribution is -2.49. The Hall–Kier alpha value is -1.49. The Balaban J connectivity index is 2.05. The Labute approximate surface area is 104 Å². The third kappa shape index (κ3) is 2.67. The van der Waals surface area contributed by atoms with Crippen molar-refractivity contribution in [3.63, 3.8) is 0 Å². The second-order valence-electron chi connectivity index (χ2n) is 5.02. The first-order valence-corrected chi connectivity index (χ1v) is 5.94. The number of benzene rings is 1. The van der Waals surface area contributed by atoms with E-state index in [-0.39, 0.29) is 23.6 Å². The number of halogens is 2. The molecular weight excluding hydrogens is 238 g/mol. The van der Waals surface area contributed by atoms with Gasteiger partial charge < -0.3 is 11.1 Å². The van der Waals surface area contributed by atoms with Crippen molar-refractivity contribution >= 4 is 11.6 Å². The van der Waals surface area contributed by atoms with Crippen molar-refractivity contribution in [3.05, 3.63) is 29.3 Å². The van der Waals surface area contributed by atoms with E-state index >= 15 is 0 Å². The summed E-state index contributed by atoms with van der Waals surface area (Å²) in [6.07, 6.45) is 2.75. The standard InChI is InChI=1S/C13H16F2N2O/c1-8-5-10(15)11(6-9(8)14)17-12(18)7-13(16)3-2-4-13/h5-6H,2-4,7,16H2,1H3,(H,17,18). The van der Waals surface area contributed by atoms with Crippen molar-refractivity contribution in [1.82, 2.24) is 0 Å². The molecule has 0 atom stereocenters. The summed E-state index contributed by atoms with van der Waals surface area (Å²) in [6, 6.07) is 2.05. The number of aryl methyl sites for hydroxylation is 1. The summed E-state index contributed by atoms with van der Waals surface area (Å²) in [5, 5.41) is 2.37. The molecule has 1 fully saturated rings. The lowest BCUT2D eigenvalue weighted by Gasteiger charge is -2.37. The first-order valence-electron chi connectivity index (χ1n) is 5.94. The number of hydrogen-bond acceptors (Lipinski definition) is 2. The zero-order chi connectivity index (χ0) is 13.3. The number of amides is 1. The fraction of sp³-hybridized carbons (Fsp3) is 0.462. The van der Waals surface area contributed by atoms with E-state index in [2.05, 4.69) is 5.32 Å². The predicted molar refractivity (Wildman–Crippen MR) is 65.1 cm³/mol. The predicted octanol–water partition coefficient (Wildman–Crippen LogP) is 2.48. The molecule has 0 aromatic heterocycles. The molecule has 0 saturated heterocycles. The highest BCUT2D eigenvalue weighted by Gasteiger charge is 2.34. The topological polar surface area (TPSA) is 55.1 Å². The molecule has 0 aliphatic heterocycles. The van der Waals surface area contributed by atoms with Crippen LogP contribution >= 0.6 is 0 Å². The highest BCUT2D eigenvalue weighted by atomic mass is 19.1. The van der Waals surface area contributed by atoms with Gasteiger partial charge in [-0.05, 0) is 37.8 Å².